The predicted octanol–water partition coefficient (Wildman–Crippen LogP) is 1.52. The van der Waals surface area contributed by atoms with E-state index in [1.165, 1.54) is 32.4 Å². The van der Waals surface area contributed by atoms with Crippen LogP contribution in [-0.4, -0.2) is 25.1 Å². The number of hydrogen-bond acceptors (Lipinski definition) is 5. The molecule has 0 radical (unpaired) electrons. The fourth-order valence-electron chi connectivity index (χ4n) is 1.19. The Morgan fingerprint density at radius 1 is 1.44 bits per heavy atom. The lowest BCUT2D eigenvalue weighted by molar-refractivity contribution is -0.384. The summed E-state index contributed by atoms with van der Waals surface area (Å²) in [5, 5.41) is 10.6. The molecular weight excluding hydrogens is 238 g/mol. The zero-order valence-corrected chi connectivity index (χ0v) is 9.93. The number of nitrogens with zero attached hydrogens (tertiary/aromatic N) is 1. The molecule has 0 amide bonds. The van der Waals surface area contributed by atoms with Crippen LogP contribution in [0, 0.1) is 22.0 Å². The maximum atomic E-state index is 10.9. The van der Waals surface area contributed by atoms with Gasteiger partial charge in [0, 0.05) is 12.1 Å². The minimum atomic E-state index is -0.523. The van der Waals surface area contributed by atoms with Gasteiger partial charge >= 0.3 is 5.97 Å². The third kappa shape index (κ3) is 3.49. The molecule has 0 aliphatic heterocycles. The molecule has 0 aliphatic rings. The first-order valence-corrected chi connectivity index (χ1v) is 4.96. The van der Waals surface area contributed by atoms with Gasteiger partial charge in [0.15, 0.2) is 0 Å². The molecule has 18 heavy (non-hydrogen) atoms. The van der Waals surface area contributed by atoms with Gasteiger partial charge < -0.3 is 9.47 Å². The summed E-state index contributed by atoms with van der Waals surface area (Å²) in [6.07, 6.45) is -0.0810. The lowest BCUT2D eigenvalue weighted by Gasteiger charge is -2.02. The number of nitro benzene ring substituents is 1. The lowest BCUT2D eigenvalue weighted by Crippen LogP contribution is -1.97. The van der Waals surface area contributed by atoms with Gasteiger partial charge in [0.05, 0.1) is 24.7 Å². The minimum Gasteiger partial charge on any atom is -0.495 e. The summed E-state index contributed by atoms with van der Waals surface area (Å²) in [6, 6.07) is 4.08. The van der Waals surface area contributed by atoms with E-state index >= 15 is 0 Å². The molecular formula is C12H11NO5. The quantitative estimate of drug-likeness (QED) is 0.351. The summed E-state index contributed by atoms with van der Waals surface area (Å²) in [5.41, 5.74) is 0.272. The highest BCUT2D eigenvalue weighted by atomic mass is 16.6. The van der Waals surface area contributed by atoms with Crippen molar-refractivity contribution in [3.8, 4) is 17.6 Å². The van der Waals surface area contributed by atoms with E-state index in [0.29, 0.717) is 11.3 Å². The average Bonchev–Trinajstić information content (AvgIpc) is 2.38. The van der Waals surface area contributed by atoms with Crippen LogP contribution in [0.25, 0.3) is 0 Å². The molecule has 94 valence electrons. The smallest absolute Gasteiger partial charge is 0.317 e. The van der Waals surface area contributed by atoms with E-state index in [2.05, 4.69) is 16.6 Å². The summed E-state index contributed by atoms with van der Waals surface area (Å²) < 4.78 is 9.45. The molecule has 6 heteroatoms. The van der Waals surface area contributed by atoms with Gasteiger partial charge in [-0.25, -0.2) is 0 Å². The van der Waals surface area contributed by atoms with Gasteiger partial charge in [-0.3, -0.25) is 14.9 Å². The molecule has 0 spiro atoms. The van der Waals surface area contributed by atoms with E-state index in [-0.39, 0.29) is 12.1 Å². The third-order valence-electron chi connectivity index (χ3n) is 2.08. The minimum absolute atomic E-state index is 0.0810. The largest absolute Gasteiger partial charge is 0.495 e. The topological polar surface area (TPSA) is 78.7 Å². The monoisotopic (exact) mass is 249 g/mol. The Hall–Kier alpha value is -2.55. The van der Waals surface area contributed by atoms with Gasteiger partial charge in [-0.1, -0.05) is 11.8 Å². The number of ether oxygens (including phenoxy) is 2. The van der Waals surface area contributed by atoms with E-state index in [9.17, 15) is 14.9 Å². The van der Waals surface area contributed by atoms with Crippen LogP contribution in [0.5, 0.6) is 5.75 Å². The number of carbonyl (C=O) groups is 1. The lowest BCUT2D eigenvalue weighted by atomic mass is 10.2. The number of nitro groups is 1. The molecule has 0 fully saturated rings. The van der Waals surface area contributed by atoms with Gasteiger partial charge in [0.1, 0.15) is 12.2 Å². The highest BCUT2D eigenvalue weighted by Gasteiger charge is 2.09. The molecule has 1 aromatic carbocycles. The zero-order valence-electron chi connectivity index (χ0n) is 9.93. The van der Waals surface area contributed by atoms with Crippen molar-refractivity contribution >= 4 is 11.7 Å². The Balaban J connectivity index is 3.01. The second-order valence-electron chi connectivity index (χ2n) is 3.20. The van der Waals surface area contributed by atoms with Crippen molar-refractivity contribution < 1.29 is 19.2 Å². The summed E-state index contributed by atoms with van der Waals surface area (Å²) in [6.45, 7) is 0. The van der Waals surface area contributed by atoms with Crippen molar-refractivity contribution in [2.45, 2.75) is 6.42 Å². The molecule has 0 aromatic heterocycles. The van der Waals surface area contributed by atoms with Crippen LogP contribution in [0.3, 0.4) is 0 Å². The molecule has 0 saturated heterocycles. The molecule has 0 heterocycles. The van der Waals surface area contributed by atoms with Crippen LogP contribution in [-0.2, 0) is 9.53 Å². The number of hydrogen-bond donors (Lipinski definition) is 0. The first kappa shape index (κ1) is 13.5. The SMILES string of the molecule is COC(=O)CC#Cc1cc([N+](=O)[O-])ccc1OC. The molecule has 0 saturated carbocycles. The van der Waals surface area contributed by atoms with Crippen LogP contribution in [0.4, 0.5) is 5.69 Å². The number of methoxy groups -OCH3 is 2. The maximum absolute atomic E-state index is 10.9. The molecule has 1 rings (SSSR count). The Bertz CT molecular complexity index is 527. The Morgan fingerprint density at radius 2 is 2.17 bits per heavy atom. The summed E-state index contributed by atoms with van der Waals surface area (Å²) >= 11 is 0. The van der Waals surface area contributed by atoms with E-state index in [1.54, 1.807) is 0 Å². The fraction of sp³-hybridized carbons (Fsp3) is 0.250. The summed E-state index contributed by atoms with van der Waals surface area (Å²) in [5.74, 6) is 5.16. The van der Waals surface area contributed by atoms with Crippen molar-refractivity contribution in [2.75, 3.05) is 14.2 Å². The first-order chi connectivity index (χ1) is 8.58. The maximum Gasteiger partial charge on any atom is 0.317 e. The van der Waals surface area contributed by atoms with Gasteiger partial charge in [-0.15, -0.1) is 0 Å². The first-order valence-electron chi connectivity index (χ1n) is 4.96. The van der Waals surface area contributed by atoms with Crippen LogP contribution in [0.15, 0.2) is 18.2 Å². The predicted molar refractivity (Wildman–Crippen MR) is 63.2 cm³/mol. The van der Waals surface area contributed by atoms with Gasteiger partial charge in [-0.2, -0.15) is 0 Å². The average molecular weight is 249 g/mol. The van der Waals surface area contributed by atoms with Crippen molar-refractivity contribution in [3.63, 3.8) is 0 Å². The molecule has 0 bridgehead atoms. The van der Waals surface area contributed by atoms with Crippen molar-refractivity contribution in [1.29, 1.82) is 0 Å². The highest BCUT2D eigenvalue weighted by molar-refractivity contribution is 5.72. The van der Waals surface area contributed by atoms with Crippen LogP contribution in [0.1, 0.15) is 12.0 Å². The molecule has 0 aliphatic carbocycles. The zero-order chi connectivity index (χ0) is 13.5. The molecule has 6 nitrogen and oxygen atoms in total. The van der Waals surface area contributed by atoms with Crippen LogP contribution in [0.2, 0.25) is 0 Å². The van der Waals surface area contributed by atoms with Crippen molar-refractivity contribution in [2.24, 2.45) is 0 Å². The Labute approximate surface area is 104 Å². The van der Waals surface area contributed by atoms with E-state index in [1.807, 2.05) is 0 Å². The Morgan fingerprint density at radius 3 is 2.72 bits per heavy atom. The second kappa shape index (κ2) is 6.25. The fourth-order valence-corrected chi connectivity index (χ4v) is 1.19. The van der Waals surface area contributed by atoms with Gasteiger partial charge in [-0.05, 0) is 6.07 Å². The van der Waals surface area contributed by atoms with Crippen molar-refractivity contribution in [3.05, 3.63) is 33.9 Å². The van der Waals surface area contributed by atoms with Crippen molar-refractivity contribution in [1.82, 2.24) is 0 Å². The standard InChI is InChI=1S/C12H11NO5/c1-17-11-7-6-10(13(15)16)8-9(11)4-3-5-12(14)18-2/h6-8H,5H2,1-2H3. The molecule has 1 aromatic rings. The van der Waals surface area contributed by atoms with Crippen LogP contribution < -0.4 is 4.74 Å². The molecule has 0 atom stereocenters. The number of non-ortho nitro benzene ring substituents is 1. The van der Waals surface area contributed by atoms with Gasteiger partial charge in [0.2, 0.25) is 0 Å². The van der Waals surface area contributed by atoms with E-state index in [4.69, 9.17) is 4.74 Å². The number of benzene rings is 1. The second-order valence-corrected chi connectivity index (χ2v) is 3.20. The molecule has 0 N–H and O–H groups in total. The number of carbonyl (C=O) groups excluding carboxylic acids is 1. The molecule has 0 unspecified atom stereocenters. The third-order valence-corrected chi connectivity index (χ3v) is 2.08. The normalized spacial score (nSPS) is 9.00. The highest BCUT2D eigenvalue weighted by Crippen LogP contribution is 2.22. The van der Waals surface area contributed by atoms with E-state index in [0.717, 1.165) is 0 Å². The Kier molecular flexibility index (Phi) is 4.69. The number of rotatable bonds is 3. The van der Waals surface area contributed by atoms with Gasteiger partial charge in [0.25, 0.3) is 5.69 Å². The summed E-state index contributed by atoms with van der Waals surface area (Å²) in [7, 11) is 2.70. The summed E-state index contributed by atoms with van der Waals surface area (Å²) in [4.78, 5) is 21.0. The van der Waals surface area contributed by atoms with E-state index < -0.39 is 10.9 Å². The number of esters is 1. The van der Waals surface area contributed by atoms with Crippen LogP contribution >= 0.6 is 0 Å².